The van der Waals surface area contributed by atoms with Crippen molar-refractivity contribution in [1.29, 1.82) is 0 Å². The molecule has 0 spiro atoms. The van der Waals surface area contributed by atoms with Crippen molar-refractivity contribution in [2.24, 2.45) is 10.8 Å². The first kappa shape index (κ1) is 19.7. The molecule has 5 nitrogen and oxygen atoms in total. The molecule has 1 amide bonds. The summed E-state index contributed by atoms with van der Waals surface area (Å²) in [5.41, 5.74) is 0.648. The number of carbonyl (C=O) groups is 2. The Morgan fingerprint density at radius 2 is 1.83 bits per heavy atom. The van der Waals surface area contributed by atoms with Gasteiger partial charge in [0, 0.05) is 16.0 Å². The fraction of sp³-hybridized carbons (Fsp3) is 0.364. The van der Waals surface area contributed by atoms with Crippen molar-refractivity contribution in [2.45, 2.75) is 38.3 Å². The summed E-state index contributed by atoms with van der Waals surface area (Å²) in [4.78, 5) is 23.9. The molecule has 2 bridgehead atoms. The molecule has 2 aromatic rings. The number of halogens is 2. The number of hydrogen-bond acceptors (Lipinski definition) is 3. The fourth-order valence-corrected chi connectivity index (χ4v) is 5.24. The second-order valence-electron chi connectivity index (χ2n) is 8.25. The van der Waals surface area contributed by atoms with Crippen LogP contribution in [0.4, 0.5) is 9.18 Å². The number of benzene rings is 2. The van der Waals surface area contributed by atoms with Crippen LogP contribution in [-0.4, -0.2) is 23.2 Å². The molecule has 3 fully saturated rings. The molecule has 0 radical (unpaired) electrons. The molecule has 1 unspecified atom stereocenters. The smallest absolute Gasteiger partial charge is 0.408 e. The Morgan fingerprint density at radius 3 is 2.45 bits per heavy atom. The van der Waals surface area contributed by atoms with Crippen LogP contribution in [0.3, 0.4) is 0 Å². The largest absolute Gasteiger partial charge is 0.480 e. The molecule has 0 aromatic heterocycles. The van der Waals surface area contributed by atoms with Gasteiger partial charge in [-0.05, 0) is 48.8 Å². The SMILES string of the molecule is O=C(NC(C(=O)O)C12CC(Cc3c(F)cccc3Cl)(C1)C2)OCc1ccccc1. The first-order valence-corrected chi connectivity index (χ1v) is 9.83. The lowest BCUT2D eigenvalue weighted by Crippen LogP contribution is -2.72. The van der Waals surface area contributed by atoms with Gasteiger partial charge in [-0.25, -0.2) is 14.0 Å². The van der Waals surface area contributed by atoms with Crippen molar-refractivity contribution < 1.29 is 23.8 Å². The van der Waals surface area contributed by atoms with Gasteiger partial charge in [-0.1, -0.05) is 48.0 Å². The molecule has 5 rings (SSSR count). The van der Waals surface area contributed by atoms with Gasteiger partial charge in [-0.15, -0.1) is 0 Å². The lowest BCUT2D eigenvalue weighted by molar-refractivity contribution is -0.223. The Labute approximate surface area is 172 Å². The summed E-state index contributed by atoms with van der Waals surface area (Å²) in [7, 11) is 0. The number of carboxylic acids is 1. The molecule has 0 aliphatic heterocycles. The first-order chi connectivity index (χ1) is 13.8. The van der Waals surface area contributed by atoms with E-state index in [1.165, 1.54) is 6.07 Å². The molecular weight excluding hydrogens is 397 g/mol. The minimum atomic E-state index is -1.08. The second kappa shape index (κ2) is 7.34. The summed E-state index contributed by atoms with van der Waals surface area (Å²) < 4.78 is 19.2. The van der Waals surface area contributed by atoms with Gasteiger partial charge in [-0.2, -0.15) is 0 Å². The van der Waals surface area contributed by atoms with Crippen LogP contribution in [0.15, 0.2) is 48.5 Å². The molecular formula is C22H21ClFNO4. The highest BCUT2D eigenvalue weighted by molar-refractivity contribution is 6.31. The van der Waals surface area contributed by atoms with E-state index in [0.29, 0.717) is 36.3 Å². The van der Waals surface area contributed by atoms with Crippen molar-refractivity contribution in [3.05, 3.63) is 70.5 Å². The molecule has 29 heavy (non-hydrogen) atoms. The van der Waals surface area contributed by atoms with E-state index >= 15 is 0 Å². The summed E-state index contributed by atoms with van der Waals surface area (Å²) in [5.74, 6) is -1.42. The van der Waals surface area contributed by atoms with Gasteiger partial charge in [0.1, 0.15) is 18.5 Å². The van der Waals surface area contributed by atoms with E-state index in [2.05, 4.69) is 5.32 Å². The number of carbonyl (C=O) groups excluding carboxylic acids is 1. The average Bonchev–Trinajstić information content (AvgIpc) is 2.63. The normalized spacial score (nSPS) is 25.3. The molecule has 0 saturated heterocycles. The number of alkyl carbamates (subject to hydrolysis) is 1. The zero-order chi connectivity index (χ0) is 20.6. The van der Waals surface area contributed by atoms with Crippen molar-refractivity contribution in [1.82, 2.24) is 5.32 Å². The summed E-state index contributed by atoms with van der Waals surface area (Å²) in [6.45, 7) is 0.0712. The number of rotatable bonds is 7. The van der Waals surface area contributed by atoms with Crippen LogP contribution in [0.5, 0.6) is 0 Å². The molecule has 0 heterocycles. The Morgan fingerprint density at radius 1 is 1.14 bits per heavy atom. The van der Waals surface area contributed by atoms with E-state index < -0.39 is 23.5 Å². The maximum atomic E-state index is 14.1. The summed E-state index contributed by atoms with van der Waals surface area (Å²) in [6, 6.07) is 12.7. The minimum absolute atomic E-state index is 0.0712. The first-order valence-electron chi connectivity index (χ1n) is 9.46. The van der Waals surface area contributed by atoms with Gasteiger partial charge in [0.2, 0.25) is 0 Å². The van der Waals surface area contributed by atoms with E-state index in [1.54, 1.807) is 12.1 Å². The standard InChI is InChI=1S/C22H21ClFNO4/c23-16-7-4-8-17(24)15(16)9-21-11-22(12-21,13-21)18(19(26)27)25-20(28)29-10-14-5-2-1-3-6-14/h1-8,18H,9-13H2,(H,25,28)(H,26,27). The third-order valence-electron chi connectivity index (χ3n) is 6.13. The van der Waals surface area contributed by atoms with Gasteiger partial charge in [0.25, 0.3) is 0 Å². The highest BCUT2D eigenvalue weighted by Crippen LogP contribution is 2.75. The molecule has 152 valence electrons. The van der Waals surface area contributed by atoms with Crippen LogP contribution in [0.25, 0.3) is 0 Å². The zero-order valence-electron chi connectivity index (χ0n) is 15.7. The number of carboxylic acid groups (broad SMARTS) is 1. The van der Waals surface area contributed by atoms with Crippen molar-refractivity contribution in [3.63, 3.8) is 0 Å². The number of ether oxygens (including phenoxy) is 1. The summed E-state index contributed by atoms with van der Waals surface area (Å²) in [5, 5.41) is 12.5. The van der Waals surface area contributed by atoms with Crippen molar-refractivity contribution in [3.8, 4) is 0 Å². The number of amides is 1. The van der Waals surface area contributed by atoms with E-state index in [9.17, 15) is 19.1 Å². The molecule has 2 N–H and O–H groups in total. The van der Waals surface area contributed by atoms with Crippen LogP contribution >= 0.6 is 11.6 Å². The van der Waals surface area contributed by atoms with Gasteiger partial charge in [0.05, 0.1) is 0 Å². The maximum absolute atomic E-state index is 14.1. The molecule has 1 atom stereocenters. The van der Waals surface area contributed by atoms with Crippen molar-refractivity contribution >= 4 is 23.7 Å². The molecule has 3 saturated carbocycles. The van der Waals surface area contributed by atoms with Crippen LogP contribution in [-0.2, 0) is 22.6 Å². The maximum Gasteiger partial charge on any atom is 0.408 e. The minimum Gasteiger partial charge on any atom is -0.480 e. The van der Waals surface area contributed by atoms with Crippen LogP contribution in [0.1, 0.15) is 30.4 Å². The highest BCUT2D eigenvalue weighted by Gasteiger charge is 2.71. The Hall–Kier alpha value is -2.60. The van der Waals surface area contributed by atoms with E-state index in [1.807, 2.05) is 30.3 Å². The van der Waals surface area contributed by atoms with Gasteiger partial charge in [0.15, 0.2) is 0 Å². The number of hydrogen-bond donors (Lipinski definition) is 2. The third-order valence-corrected chi connectivity index (χ3v) is 6.48. The Bertz CT molecular complexity index is 909. The quantitative estimate of drug-likeness (QED) is 0.691. The summed E-state index contributed by atoms with van der Waals surface area (Å²) >= 11 is 6.13. The Balaban J connectivity index is 1.35. The lowest BCUT2D eigenvalue weighted by atomic mass is 9.32. The predicted molar refractivity (Wildman–Crippen MR) is 105 cm³/mol. The topological polar surface area (TPSA) is 75.6 Å². The summed E-state index contributed by atoms with van der Waals surface area (Å²) in [6.07, 6.45) is 1.56. The molecule has 7 heteroatoms. The van der Waals surface area contributed by atoms with Crippen LogP contribution in [0, 0.1) is 16.6 Å². The van der Waals surface area contributed by atoms with Gasteiger partial charge < -0.3 is 15.2 Å². The third kappa shape index (κ3) is 3.69. The Kier molecular flexibility index (Phi) is 4.99. The molecule has 2 aromatic carbocycles. The zero-order valence-corrected chi connectivity index (χ0v) is 16.4. The average molecular weight is 418 g/mol. The number of nitrogens with one attached hydrogen (secondary N) is 1. The van der Waals surface area contributed by atoms with Gasteiger partial charge in [-0.3, -0.25) is 0 Å². The van der Waals surface area contributed by atoms with E-state index in [0.717, 1.165) is 5.56 Å². The highest BCUT2D eigenvalue weighted by atomic mass is 35.5. The van der Waals surface area contributed by atoms with Crippen LogP contribution in [0.2, 0.25) is 5.02 Å². The number of aliphatic carboxylic acids is 1. The molecule has 3 aliphatic rings. The fourth-order valence-electron chi connectivity index (χ4n) is 5.01. The van der Waals surface area contributed by atoms with Crippen molar-refractivity contribution in [2.75, 3.05) is 0 Å². The van der Waals surface area contributed by atoms with Crippen LogP contribution < -0.4 is 5.32 Å². The monoisotopic (exact) mass is 417 g/mol. The second-order valence-corrected chi connectivity index (χ2v) is 8.65. The molecule has 3 aliphatic carbocycles. The van der Waals surface area contributed by atoms with E-state index in [-0.39, 0.29) is 17.8 Å². The van der Waals surface area contributed by atoms with Gasteiger partial charge >= 0.3 is 12.1 Å². The lowest BCUT2D eigenvalue weighted by Gasteiger charge is -2.72. The van der Waals surface area contributed by atoms with E-state index in [4.69, 9.17) is 16.3 Å². The predicted octanol–water partition coefficient (Wildman–Crippen LogP) is 4.57.